The lowest BCUT2D eigenvalue weighted by Crippen LogP contribution is -2.57. The number of carboxylic acid groups (broad SMARTS) is 1. The number of amides is 2. The highest BCUT2D eigenvalue weighted by molar-refractivity contribution is 5.83. The molecule has 0 heterocycles. The minimum absolute atomic E-state index is 0.205. The van der Waals surface area contributed by atoms with Gasteiger partial charge in [0.1, 0.15) is 6.04 Å². The molecule has 5 nitrogen and oxygen atoms in total. The van der Waals surface area contributed by atoms with E-state index < -0.39 is 17.4 Å². The van der Waals surface area contributed by atoms with E-state index in [1.807, 2.05) is 6.92 Å². The second-order valence-electron chi connectivity index (χ2n) is 6.86. The summed E-state index contributed by atoms with van der Waals surface area (Å²) in [7, 11) is 0. The zero-order valence-electron chi connectivity index (χ0n) is 12.4. The summed E-state index contributed by atoms with van der Waals surface area (Å²) >= 11 is 0. The van der Waals surface area contributed by atoms with Gasteiger partial charge in [0.05, 0.1) is 0 Å². The van der Waals surface area contributed by atoms with Crippen LogP contribution in [0.25, 0.3) is 0 Å². The van der Waals surface area contributed by atoms with Crippen LogP contribution in [0.1, 0.15) is 59.8 Å². The monoisotopic (exact) mass is 270 g/mol. The van der Waals surface area contributed by atoms with Gasteiger partial charge in [-0.05, 0) is 25.2 Å². The molecule has 5 heteroatoms. The van der Waals surface area contributed by atoms with Crippen molar-refractivity contribution >= 4 is 12.0 Å². The standard InChI is InChI=1S/C14H26N2O3/c1-13(2,3)10(11(17)18)15-12(19)16-14(4)8-6-5-7-9-14/h10H,5-9H2,1-4H3,(H,17,18)(H2,15,16,19). The van der Waals surface area contributed by atoms with Gasteiger partial charge < -0.3 is 15.7 Å². The van der Waals surface area contributed by atoms with E-state index in [4.69, 9.17) is 0 Å². The van der Waals surface area contributed by atoms with Crippen molar-refractivity contribution in [2.45, 2.75) is 71.4 Å². The van der Waals surface area contributed by atoms with E-state index in [1.165, 1.54) is 6.42 Å². The molecule has 0 spiro atoms. The smallest absolute Gasteiger partial charge is 0.326 e. The number of hydrogen-bond acceptors (Lipinski definition) is 2. The summed E-state index contributed by atoms with van der Waals surface area (Å²) in [5.41, 5.74) is -0.722. The molecular weight excluding hydrogens is 244 g/mol. The van der Waals surface area contributed by atoms with Crippen LogP contribution >= 0.6 is 0 Å². The van der Waals surface area contributed by atoms with Crippen LogP contribution in [0.4, 0.5) is 4.79 Å². The molecule has 3 N–H and O–H groups in total. The molecule has 0 radical (unpaired) electrons. The van der Waals surface area contributed by atoms with Crippen molar-refractivity contribution in [3.05, 3.63) is 0 Å². The lowest BCUT2D eigenvalue weighted by Gasteiger charge is -2.36. The van der Waals surface area contributed by atoms with Crippen LogP contribution in [0.15, 0.2) is 0 Å². The van der Waals surface area contributed by atoms with Gasteiger partial charge in [-0.3, -0.25) is 0 Å². The Hall–Kier alpha value is -1.26. The zero-order valence-corrected chi connectivity index (χ0v) is 12.4. The van der Waals surface area contributed by atoms with Crippen molar-refractivity contribution < 1.29 is 14.7 Å². The second-order valence-corrected chi connectivity index (χ2v) is 6.86. The summed E-state index contributed by atoms with van der Waals surface area (Å²) in [6.45, 7) is 7.43. The van der Waals surface area contributed by atoms with Gasteiger partial charge in [0.15, 0.2) is 0 Å². The maximum Gasteiger partial charge on any atom is 0.326 e. The molecule has 110 valence electrons. The molecule has 1 aliphatic rings. The molecule has 1 unspecified atom stereocenters. The average Bonchev–Trinajstić information content (AvgIpc) is 2.24. The van der Waals surface area contributed by atoms with Crippen molar-refractivity contribution in [3.8, 4) is 0 Å². The summed E-state index contributed by atoms with van der Waals surface area (Å²) in [6.07, 6.45) is 5.33. The SMILES string of the molecule is CC1(NC(=O)NC(C(=O)O)C(C)(C)C)CCCCC1. The molecule has 0 aromatic rings. The average molecular weight is 270 g/mol. The van der Waals surface area contributed by atoms with E-state index in [1.54, 1.807) is 20.8 Å². The van der Waals surface area contributed by atoms with E-state index in [9.17, 15) is 14.7 Å². The number of nitrogens with one attached hydrogen (secondary N) is 2. The largest absolute Gasteiger partial charge is 0.480 e. The van der Waals surface area contributed by atoms with E-state index in [0.717, 1.165) is 25.7 Å². The van der Waals surface area contributed by atoms with Crippen LogP contribution in [0, 0.1) is 5.41 Å². The first-order valence-electron chi connectivity index (χ1n) is 6.95. The summed E-state index contributed by atoms with van der Waals surface area (Å²) < 4.78 is 0. The molecule has 1 fully saturated rings. The molecule has 0 aromatic heterocycles. The Morgan fingerprint density at radius 3 is 2.11 bits per heavy atom. The number of urea groups is 1. The van der Waals surface area contributed by atoms with E-state index in [-0.39, 0.29) is 11.6 Å². The quantitative estimate of drug-likeness (QED) is 0.737. The normalized spacial score (nSPS) is 20.4. The fourth-order valence-electron chi connectivity index (χ4n) is 2.55. The first-order chi connectivity index (χ1) is 8.64. The molecule has 1 saturated carbocycles. The summed E-state index contributed by atoms with van der Waals surface area (Å²) in [6, 6.07) is -1.27. The molecule has 0 saturated heterocycles. The van der Waals surface area contributed by atoms with Gasteiger partial charge in [0.2, 0.25) is 0 Å². The molecule has 0 bridgehead atoms. The van der Waals surface area contributed by atoms with Crippen molar-refractivity contribution in [2.24, 2.45) is 5.41 Å². The third-order valence-corrected chi connectivity index (χ3v) is 3.76. The van der Waals surface area contributed by atoms with Crippen molar-refractivity contribution in [1.82, 2.24) is 10.6 Å². The third-order valence-electron chi connectivity index (χ3n) is 3.76. The molecule has 19 heavy (non-hydrogen) atoms. The number of rotatable bonds is 3. The van der Waals surface area contributed by atoms with Gasteiger partial charge in [-0.2, -0.15) is 0 Å². The van der Waals surface area contributed by atoms with Crippen molar-refractivity contribution in [1.29, 1.82) is 0 Å². The van der Waals surface area contributed by atoms with E-state index in [2.05, 4.69) is 10.6 Å². The topological polar surface area (TPSA) is 78.4 Å². The summed E-state index contributed by atoms with van der Waals surface area (Å²) in [5.74, 6) is -1.00. The molecule has 1 rings (SSSR count). The van der Waals surface area contributed by atoms with Gasteiger partial charge in [-0.15, -0.1) is 0 Å². The van der Waals surface area contributed by atoms with Crippen molar-refractivity contribution in [3.63, 3.8) is 0 Å². The molecule has 2 amide bonds. The number of hydrogen-bond donors (Lipinski definition) is 3. The van der Waals surface area contributed by atoms with Gasteiger partial charge >= 0.3 is 12.0 Å². The molecular formula is C14H26N2O3. The van der Waals surface area contributed by atoms with Crippen LogP contribution in [0.3, 0.4) is 0 Å². The molecule has 0 aliphatic heterocycles. The molecule has 1 atom stereocenters. The van der Waals surface area contributed by atoms with Crippen LogP contribution in [0.5, 0.6) is 0 Å². The molecule has 1 aliphatic carbocycles. The number of carbonyl (C=O) groups excluding carboxylic acids is 1. The first-order valence-corrected chi connectivity index (χ1v) is 6.95. The van der Waals surface area contributed by atoms with Crippen LogP contribution in [0.2, 0.25) is 0 Å². The lowest BCUT2D eigenvalue weighted by molar-refractivity contribution is -0.141. The Bertz CT molecular complexity index is 341. The first kappa shape index (κ1) is 15.8. The summed E-state index contributed by atoms with van der Waals surface area (Å²) in [5, 5.41) is 14.7. The van der Waals surface area contributed by atoms with Gasteiger partial charge in [-0.1, -0.05) is 40.0 Å². The Morgan fingerprint density at radius 1 is 1.16 bits per heavy atom. The summed E-state index contributed by atoms with van der Waals surface area (Å²) in [4.78, 5) is 23.2. The number of carbonyl (C=O) groups is 2. The predicted octanol–water partition coefficient (Wildman–Crippen LogP) is 2.51. The number of carboxylic acids is 1. The second kappa shape index (κ2) is 5.80. The van der Waals surface area contributed by atoms with Crippen molar-refractivity contribution in [2.75, 3.05) is 0 Å². The minimum Gasteiger partial charge on any atom is -0.480 e. The van der Waals surface area contributed by atoms with Crippen LogP contribution < -0.4 is 10.6 Å². The molecule has 0 aromatic carbocycles. The van der Waals surface area contributed by atoms with E-state index in [0.29, 0.717) is 0 Å². The Kier molecular flexibility index (Phi) is 4.82. The Morgan fingerprint density at radius 2 is 1.68 bits per heavy atom. The maximum absolute atomic E-state index is 12.0. The fourth-order valence-corrected chi connectivity index (χ4v) is 2.55. The highest BCUT2D eigenvalue weighted by Gasteiger charge is 2.35. The van der Waals surface area contributed by atoms with Gasteiger partial charge in [-0.25, -0.2) is 9.59 Å². The van der Waals surface area contributed by atoms with Gasteiger partial charge in [0, 0.05) is 5.54 Å². The Labute approximate surface area is 115 Å². The predicted molar refractivity (Wildman–Crippen MR) is 74.0 cm³/mol. The maximum atomic E-state index is 12.0. The highest BCUT2D eigenvalue weighted by Crippen LogP contribution is 2.27. The fraction of sp³-hybridized carbons (Fsp3) is 0.857. The van der Waals surface area contributed by atoms with Crippen LogP contribution in [-0.2, 0) is 4.79 Å². The van der Waals surface area contributed by atoms with Gasteiger partial charge in [0.25, 0.3) is 0 Å². The minimum atomic E-state index is -1.00. The van der Waals surface area contributed by atoms with E-state index >= 15 is 0 Å². The lowest BCUT2D eigenvalue weighted by atomic mass is 9.83. The van der Waals surface area contributed by atoms with Crippen LogP contribution in [-0.4, -0.2) is 28.7 Å². The highest BCUT2D eigenvalue weighted by atomic mass is 16.4. The Balaban J connectivity index is 2.60. The third kappa shape index (κ3) is 4.73. The zero-order chi connectivity index (χ0) is 14.7. The number of aliphatic carboxylic acids is 1.